The van der Waals surface area contributed by atoms with Crippen molar-refractivity contribution >= 4 is 23.2 Å². The number of amides is 1. The Morgan fingerprint density at radius 2 is 1.72 bits per heavy atom. The van der Waals surface area contributed by atoms with Gasteiger partial charge in [0.15, 0.2) is 11.9 Å². The summed E-state index contributed by atoms with van der Waals surface area (Å²) < 4.78 is 17.2. The van der Waals surface area contributed by atoms with Gasteiger partial charge in [0.05, 0.1) is 12.8 Å². The van der Waals surface area contributed by atoms with E-state index in [1.54, 1.807) is 56.5 Å². The quantitative estimate of drug-likeness (QED) is 0.450. The highest BCUT2D eigenvalue weighted by atomic mass is 35.5. The fourth-order valence-corrected chi connectivity index (χ4v) is 3.97. The van der Waals surface area contributed by atoms with E-state index in [1.165, 1.54) is 17.5 Å². The molecule has 6 heteroatoms. The molecule has 0 heterocycles. The van der Waals surface area contributed by atoms with Crippen LogP contribution in [-0.4, -0.2) is 19.1 Å². The average molecular weight is 452 g/mol. The topological polar surface area (TPSA) is 56.8 Å². The summed E-state index contributed by atoms with van der Waals surface area (Å²) >= 11 is 6.18. The van der Waals surface area contributed by atoms with Gasteiger partial charge in [-0.15, -0.1) is 0 Å². The van der Waals surface area contributed by atoms with Crippen molar-refractivity contribution in [2.24, 2.45) is 0 Å². The highest BCUT2D eigenvalue weighted by molar-refractivity contribution is 6.31. The lowest BCUT2D eigenvalue weighted by atomic mass is 9.91. The van der Waals surface area contributed by atoms with Crippen molar-refractivity contribution in [2.45, 2.75) is 38.7 Å². The molecule has 5 nitrogen and oxygen atoms in total. The summed E-state index contributed by atoms with van der Waals surface area (Å²) in [5.74, 6) is 2.34. The van der Waals surface area contributed by atoms with E-state index in [-0.39, 0.29) is 5.91 Å². The summed E-state index contributed by atoms with van der Waals surface area (Å²) in [4.78, 5) is 12.9. The number of carbonyl (C=O) groups excluding carboxylic acids is 1. The molecule has 166 valence electrons. The molecule has 1 N–H and O–H groups in total. The number of nitrogens with one attached hydrogen (secondary N) is 1. The summed E-state index contributed by atoms with van der Waals surface area (Å²) in [6.45, 7) is 1.74. The maximum atomic E-state index is 12.9. The Morgan fingerprint density at radius 3 is 2.50 bits per heavy atom. The van der Waals surface area contributed by atoms with Gasteiger partial charge in [-0.2, -0.15) is 0 Å². The normalized spacial score (nSPS) is 13.6. The standard InChI is InChI=1S/C26H26ClNO4/c1-17(31-24-9-5-7-18-6-3-4-8-22(18)24)26(29)28-23-16-19(27)10-15-25(23)32-21-13-11-20(30-2)12-14-21/h5,7,9-17H,3-4,6,8H2,1-2H3,(H,28,29)/t17-/m0/s1. The summed E-state index contributed by atoms with van der Waals surface area (Å²) in [6, 6.07) is 18.4. The fraction of sp³-hybridized carbons (Fsp3) is 0.269. The lowest BCUT2D eigenvalue weighted by Crippen LogP contribution is -2.30. The van der Waals surface area contributed by atoms with Crippen LogP contribution in [0.3, 0.4) is 0 Å². The van der Waals surface area contributed by atoms with Gasteiger partial charge in [0.25, 0.3) is 5.91 Å². The van der Waals surface area contributed by atoms with Gasteiger partial charge in [0.1, 0.15) is 17.2 Å². The zero-order chi connectivity index (χ0) is 22.5. The van der Waals surface area contributed by atoms with E-state index in [0.29, 0.717) is 22.2 Å². The summed E-state index contributed by atoms with van der Waals surface area (Å²) in [7, 11) is 1.61. The van der Waals surface area contributed by atoms with E-state index in [4.69, 9.17) is 25.8 Å². The lowest BCUT2D eigenvalue weighted by molar-refractivity contribution is -0.122. The molecule has 4 rings (SSSR count). The number of methoxy groups -OCH3 is 1. The minimum atomic E-state index is -0.684. The van der Waals surface area contributed by atoms with Gasteiger partial charge in [-0.25, -0.2) is 0 Å². The molecule has 0 spiro atoms. The number of anilines is 1. The molecule has 0 radical (unpaired) electrons. The summed E-state index contributed by atoms with van der Waals surface area (Å²) in [5, 5.41) is 3.39. The summed E-state index contributed by atoms with van der Waals surface area (Å²) in [6.07, 6.45) is 3.69. The molecule has 3 aromatic carbocycles. The van der Waals surface area contributed by atoms with Crippen LogP contribution in [0.15, 0.2) is 60.7 Å². The van der Waals surface area contributed by atoms with Crippen molar-refractivity contribution in [3.63, 3.8) is 0 Å². The minimum absolute atomic E-state index is 0.278. The predicted octanol–water partition coefficient (Wildman–Crippen LogP) is 6.43. The third-order valence-corrected chi connectivity index (χ3v) is 5.75. The van der Waals surface area contributed by atoms with Crippen LogP contribution < -0.4 is 19.5 Å². The first-order valence-electron chi connectivity index (χ1n) is 10.7. The van der Waals surface area contributed by atoms with Gasteiger partial charge in [0.2, 0.25) is 0 Å². The van der Waals surface area contributed by atoms with Crippen LogP contribution in [0.25, 0.3) is 0 Å². The maximum absolute atomic E-state index is 12.9. The van der Waals surface area contributed by atoms with Crippen molar-refractivity contribution in [1.29, 1.82) is 0 Å². The molecule has 32 heavy (non-hydrogen) atoms. The second kappa shape index (κ2) is 9.96. The third-order valence-electron chi connectivity index (χ3n) is 5.51. The molecule has 1 amide bonds. The number of aryl methyl sites for hydroxylation is 1. The third kappa shape index (κ3) is 5.17. The molecule has 0 bridgehead atoms. The van der Waals surface area contributed by atoms with E-state index in [9.17, 15) is 4.79 Å². The number of ether oxygens (including phenoxy) is 3. The second-order valence-corrected chi connectivity index (χ2v) is 8.20. The largest absolute Gasteiger partial charge is 0.497 e. The monoisotopic (exact) mass is 451 g/mol. The Morgan fingerprint density at radius 1 is 0.969 bits per heavy atom. The second-order valence-electron chi connectivity index (χ2n) is 7.77. The Hall–Kier alpha value is -3.18. The first-order valence-corrected chi connectivity index (χ1v) is 11.1. The molecule has 0 saturated carbocycles. The van der Waals surface area contributed by atoms with Crippen LogP contribution in [0, 0.1) is 0 Å². The first-order chi connectivity index (χ1) is 15.5. The van der Waals surface area contributed by atoms with E-state index in [0.717, 1.165) is 30.8 Å². The van der Waals surface area contributed by atoms with Crippen LogP contribution >= 0.6 is 11.6 Å². The molecule has 0 saturated heterocycles. The zero-order valence-electron chi connectivity index (χ0n) is 18.2. The number of carbonyl (C=O) groups is 1. The van der Waals surface area contributed by atoms with E-state index < -0.39 is 6.10 Å². The molecule has 3 aromatic rings. The van der Waals surface area contributed by atoms with Crippen LogP contribution in [0.5, 0.6) is 23.0 Å². The van der Waals surface area contributed by atoms with Gasteiger partial charge in [0, 0.05) is 5.02 Å². The minimum Gasteiger partial charge on any atom is -0.497 e. The fourth-order valence-electron chi connectivity index (χ4n) is 3.79. The van der Waals surface area contributed by atoms with Crippen LogP contribution in [-0.2, 0) is 17.6 Å². The van der Waals surface area contributed by atoms with Gasteiger partial charge < -0.3 is 19.5 Å². The number of rotatable bonds is 7. The molecule has 1 atom stereocenters. The van der Waals surface area contributed by atoms with Crippen molar-refractivity contribution in [1.82, 2.24) is 0 Å². The van der Waals surface area contributed by atoms with Gasteiger partial charge in [-0.1, -0.05) is 23.7 Å². The summed E-state index contributed by atoms with van der Waals surface area (Å²) in [5.41, 5.74) is 3.00. The highest BCUT2D eigenvalue weighted by Gasteiger charge is 2.21. The molecule has 0 unspecified atom stereocenters. The molecule has 1 aliphatic rings. The van der Waals surface area contributed by atoms with Gasteiger partial charge >= 0.3 is 0 Å². The number of fused-ring (bicyclic) bond motifs is 1. The SMILES string of the molecule is COc1ccc(Oc2ccc(Cl)cc2NC(=O)[C@H](C)Oc2cccc3c2CCCC3)cc1. The number of halogens is 1. The van der Waals surface area contributed by atoms with E-state index >= 15 is 0 Å². The Kier molecular flexibility index (Phi) is 6.86. The Labute approximate surface area is 193 Å². The molecule has 1 aliphatic carbocycles. The number of hydrogen-bond acceptors (Lipinski definition) is 4. The van der Waals surface area contributed by atoms with Crippen molar-refractivity contribution in [2.75, 3.05) is 12.4 Å². The van der Waals surface area contributed by atoms with Crippen molar-refractivity contribution < 1.29 is 19.0 Å². The van der Waals surface area contributed by atoms with Gasteiger partial charge in [-0.05, 0) is 92.3 Å². The molecular formula is C26H26ClNO4. The van der Waals surface area contributed by atoms with Gasteiger partial charge in [-0.3, -0.25) is 4.79 Å². The van der Waals surface area contributed by atoms with Crippen LogP contribution in [0.2, 0.25) is 5.02 Å². The van der Waals surface area contributed by atoms with Crippen molar-refractivity contribution in [3.05, 3.63) is 76.8 Å². The van der Waals surface area contributed by atoms with Crippen molar-refractivity contribution in [3.8, 4) is 23.0 Å². The number of benzene rings is 3. The first kappa shape index (κ1) is 22.0. The zero-order valence-corrected chi connectivity index (χ0v) is 18.9. The van der Waals surface area contributed by atoms with E-state index in [2.05, 4.69) is 11.4 Å². The highest BCUT2D eigenvalue weighted by Crippen LogP contribution is 2.34. The Balaban J connectivity index is 1.48. The number of hydrogen-bond donors (Lipinski definition) is 1. The lowest BCUT2D eigenvalue weighted by Gasteiger charge is -2.22. The van der Waals surface area contributed by atoms with Crippen LogP contribution in [0.1, 0.15) is 30.9 Å². The van der Waals surface area contributed by atoms with E-state index in [1.807, 2.05) is 12.1 Å². The molecule has 0 aromatic heterocycles. The smallest absolute Gasteiger partial charge is 0.265 e. The average Bonchev–Trinajstić information content (AvgIpc) is 2.81. The maximum Gasteiger partial charge on any atom is 0.265 e. The molecule has 0 fully saturated rings. The predicted molar refractivity (Wildman–Crippen MR) is 126 cm³/mol. The van der Waals surface area contributed by atoms with Crippen LogP contribution in [0.4, 0.5) is 5.69 Å². The molecule has 0 aliphatic heterocycles. The molecular weight excluding hydrogens is 426 g/mol. The Bertz CT molecular complexity index is 1100.